The Morgan fingerprint density at radius 2 is 2.22 bits per heavy atom. The van der Waals surface area contributed by atoms with Crippen LogP contribution in [-0.2, 0) is 0 Å². The number of carboxylic acids is 1. The predicted molar refractivity (Wildman–Crippen MR) is 76.1 cm³/mol. The molecular formula is C14H18BrNO2. The number of benzene rings is 1. The fourth-order valence-corrected chi connectivity index (χ4v) is 3.04. The van der Waals surface area contributed by atoms with Crippen molar-refractivity contribution in [3.63, 3.8) is 0 Å². The second kappa shape index (κ2) is 4.92. The quantitative estimate of drug-likeness (QED) is 0.882. The SMILES string of the molecule is CC1(C)CCCC1Nc1ccc(C(=O)O)cc1Br. The summed E-state index contributed by atoms with van der Waals surface area (Å²) in [5.41, 5.74) is 1.57. The van der Waals surface area contributed by atoms with Crippen LogP contribution in [0.2, 0.25) is 0 Å². The van der Waals surface area contributed by atoms with Crippen LogP contribution < -0.4 is 5.32 Å². The lowest BCUT2D eigenvalue weighted by atomic mass is 9.87. The van der Waals surface area contributed by atoms with Gasteiger partial charge >= 0.3 is 5.97 Å². The van der Waals surface area contributed by atoms with Gasteiger partial charge in [-0.2, -0.15) is 0 Å². The molecule has 2 N–H and O–H groups in total. The summed E-state index contributed by atoms with van der Waals surface area (Å²) >= 11 is 3.43. The third-order valence-electron chi connectivity index (χ3n) is 3.80. The molecule has 3 nitrogen and oxygen atoms in total. The Labute approximate surface area is 116 Å². The minimum atomic E-state index is -0.900. The molecule has 1 aromatic rings. The molecule has 1 saturated carbocycles. The van der Waals surface area contributed by atoms with Gasteiger partial charge in [0.25, 0.3) is 0 Å². The van der Waals surface area contributed by atoms with E-state index in [1.165, 1.54) is 19.3 Å². The standard InChI is InChI=1S/C14H18BrNO2/c1-14(2)7-3-4-12(14)16-11-6-5-9(13(17)18)8-10(11)15/h5-6,8,12,16H,3-4,7H2,1-2H3,(H,17,18). The molecule has 0 bridgehead atoms. The van der Waals surface area contributed by atoms with E-state index in [1.807, 2.05) is 6.07 Å². The van der Waals surface area contributed by atoms with Gasteiger partial charge in [-0.05, 0) is 52.4 Å². The van der Waals surface area contributed by atoms with Crippen molar-refractivity contribution in [1.82, 2.24) is 0 Å². The van der Waals surface area contributed by atoms with Crippen molar-refractivity contribution in [3.8, 4) is 0 Å². The molecule has 0 saturated heterocycles. The fourth-order valence-electron chi connectivity index (χ4n) is 2.55. The Kier molecular flexibility index (Phi) is 3.66. The first-order valence-corrected chi connectivity index (χ1v) is 6.99. The van der Waals surface area contributed by atoms with Gasteiger partial charge in [0.2, 0.25) is 0 Å². The normalized spacial score (nSPS) is 21.8. The summed E-state index contributed by atoms with van der Waals surface area (Å²) in [6, 6.07) is 5.57. The van der Waals surface area contributed by atoms with Gasteiger partial charge in [0.05, 0.1) is 5.56 Å². The highest BCUT2D eigenvalue weighted by Crippen LogP contribution is 2.40. The summed E-state index contributed by atoms with van der Waals surface area (Å²) < 4.78 is 0.810. The van der Waals surface area contributed by atoms with E-state index in [-0.39, 0.29) is 0 Å². The molecule has 1 aliphatic rings. The van der Waals surface area contributed by atoms with Crippen molar-refractivity contribution in [2.24, 2.45) is 5.41 Å². The molecule has 1 fully saturated rings. The summed E-state index contributed by atoms with van der Waals surface area (Å²) in [6.45, 7) is 4.55. The largest absolute Gasteiger partial charge is 0.478 e. The van der Waals surface area contributed by atoms with Crippen LogP contribution in [0.4, 0.5) is 5.69 Å². The maximum atomic E-state index is 10.9. The minimum Gasteiger partial charge on any atom is -0.478 e. The Morgan fingerprint density at radius 1 is 1.50 bits per heavy atom. The molecule has 98 valence electrons. The van der Waals surface area contributed by atoms with Crippen molar-refractivity contribution >= 4 is 27.6 Å². The maximum Gasteiger partial charge on any atom is 0.335 e. The van der Waals surface area contributed by atoms with Crippen LogP contribution >= 0.6 is 15.9 Å². The molecule has 18 heavy (non-hydrogen) atoms. The summed E-state index contributed by atoms with van der Waals surface area (Å²) in [6.07, 6.45) is 3.64. The molecular weight excluding hydrogens is 294 g/mol. The second-order valence-electron chi connectivity index (χ2n) is 5.58. The third-order valence-corrected chi connectivity index (χ3v) is 4.46. The van der Waals surface area contributed by atoms with Gasteiger partial charge in [0, 0.05) is 16.2 Å². The Morgan fingerprint density at radius 3 is 2.72 bits per heavy atom. The number of rotatable bonds is 3. The molecule has 0 aliphatic heterocycles. The lowest BCUT2D eigenvalue weighted by Crippen LogP contribution is -2.30. The van der Waals surface area contributed by atoms with E-state index in [1.54, 1.807) is 12.1 Å². The average molecular weight is 312 g/mol. The maximum absolute atomic E-state index is 10.9. The third kappa shape index (κ3) is 2.69. The first kappa shape index (κ1) is 13.4. The van der Waals surface area contributed by atoms with E-state index < -0.39 is 5.97 Å². The van der Waals surface area contributed by atoms with Crippen LogP contribution in [-0.4, -0.2) is 17.1 Å². The van der Waals surface area contributed by atoms with Crippen molar-refractivity contribution < 1.29 is 9.90 Å². The molecule has 2 rings (SSSR count). The van der Waals surface area contributed by atoms with Gasteiger partial charge in [-0.3, -0.25) is 0 Å². The van der Waals surface area contributed by atoms with E-state index in [4.69, 9.17) is 5.11 Å². The molecule has 1 aromatic carbocycles. The van der Waals surface area contributed by atoms with E-state index in [2.05, 4.69) is 35.1 Å². The molecule has 0 amide bonds. The molecule has 1 atom stereocenters. The molecule has 1 aliphatic carbocycles. The van der Waals surface area contributed by atoms with Gasteiger partial charge in [0.15, 0.2) is 0 Å². The van der Waals surface area contributed by atoms with Crippen LogP contribution in [0.1, 0.15) is 43.5 Å². The van der Waals surface area contributed by atoms with Crippen LogP contribution in [0.5, 0.6) is 0 Å². The lowest BCUT2D eigenvalue weighted by molar-refractivity contribution is 0.0697. The highest BCUT2D eigenvalue weighted by molar-refractivity contribution is 9.10. The van der Waals surface area contributed by atoms with Crippen molar-refractivity contribution in [3.05, 3.63) is 28.2 Å². The molecule has 0 spiro atoms. The zero-order valence-corrected chi connectivity index (χ0v) is 12.3. The lowest BCUT2D eigenvalue weighted by Gasteiger charge is -2.29. The fraction of sp³-hybridized carbons (Fsp3) is 0.500. The van der Waals surface area contributed by atoms with E-state index >= 15 is 0 Å². The molecule has 4 heteroatoms. The molecule has 1 unspecified atom stereocenters. The highest BCUT2D eigenvalue weighted by Gasteiger charge is 2.34. The summed E-state index contributed by atoms with van der Waals surface area (Å²) in [4.78, 5) is 10.9. The number of carbonyl (C=O) groups is 1. The number of carboxylic acid groups (broad SMARTS) is 1. The topological polar surface area (TPSA) is 49.3 Å². The monoisotopic (exact) mass is 311 g/mol. The van der Waals surface area contributed by atoms with Gasteiger partial charge in [-0.25, -0.2) is 4.79 Å². The molecule has 0 heterocycles. The van der Waals surface area contributed by atoms with E-state index in [0.717, 1.165) is 10.2 Å². The first-order valence-electron chi connectivity index (χ1n) is 6.19. The van der Waals surface area contributed by atoms with Crippen molar-refractivity contribution in [2.45, 2.75) is 39.2 Å². The first-order chi connectivity index (χ1) is 8.40. The zero-order chi connectivity index (χ0) is 13.3. The number of aromatic carboxylic acids is 1. The number of halogens is 1. The Balaban J connectivity index is 2.17. The number of nitrogens with one attached hydrogen (secondary N) is 1. The number of hydrogen-bond acceptors (Lipinski definition) is 2. The minimum absolute atomic E-state index is 0.297. The Hall–Kier alpha value is -1.03. The smallest absolute Gasteiger partial charge is 0.335 e. The number of anilines is 1. The van der Waals surface area contributed by atoms with E-state index in [9.17, 15) is 4.79 Å². The van der Waals surface area contributed by atoms with Crippen molar-refractivity contribution in [1.29, 1.82) is 0 Å². The van der Waals surface area contributed by atoms with Crippen LogP contribution in [0.15, 0.2) is 22.7 Å². The van der Waals surface area contributed by atoms with Crippen LogP contribution in [0.25, 0.3) is 0 Å². The molecule has 0 radical (unpaired) electrons. The van der Waals surface area contributed by atoms with Gasteiger partial charge in [-0.1, -0.05) is 20.3 Å². The summed E-state index contributed by atoms with van der Waals surface area (Å²) in [5.74, 6) is -0.900. The van der Waals surface area contributed by atoms with Crippen molar-refractivity contribution in [2.75, 3.05) is 5.32 Å². The molecule has 0 aromatic heterocycles. The van der Waals surface area contributed by atoms with Crippen LogP contribution in [0.3, 0.4) is 0 Å². The average Bonchev–Trinajstić information content (AvgIpc) is 2.61. The van der Waals surface area contributed by atoms with Crippen LogP contribution in [0, 0.1) is 5.41 Å². The second-order valence-corrected chi connectivity index (χ2v) is 6.43. The number of hydrogen-bond donors (Lipinski definition) is 2. The predicted octanol–water partition coefficient (Wildman–Crippen LogP) is 4.14. The van der Waals surface area contributed by atoms with E-state index in [0.29, 0.717) is 17.0 Å². The zero-order valence-electron chi connectivity index (χ0n) is 10.7. The Bertz CT molecular complexity index is 471. The summed E-state index contributed by atoms with van der Waals surface area (Å²) in [7, 11) is 0. The summed E-state index contributed by atoms with van der Waals surface area (Å²) in [5, 5.41) is 12.5. The van der Waals surface area contributed by atoms with Gasteiger partial charge in [0.1, 0.15) is 0 Å². The van der Waals surface area contributed by atoms with Gasteiger partial charge in [-0.15, -0.1) is 0 Å². The van der Waals surface area contributed by atoms with Gasteiger partial charge < -0.3 is 10.4 Å². The highest BCUT2D eigenvalue weighted by atomic mass is 79.9.